The Kier molecular flexibility index (Phi) is 7.19. The summed E-state index contributed by atoms with van der Waals surface area (Å²) in [5.74, 6) is 0.0313. The molecule has 1 aromatic heterocycles. The maximum absolute atomic E-state index is 13.1. The molecule has 5 heteroatoms. The third-order valence-corrected chi connectivity index (χ3v) is 3.86. The number of benzene rings is 1. The van der Waals surface area contributed by atoms with Crippen LogP contribution in [0.5, 0.6) is 0 Å². The number of rotatable bonds is 9. The topological polar surface area (TPSA) is 34.5 Å². The van der Waals surface area contributed by atoms with Gasteiger partial charge in [0.25, 0.3) is 0 Å². The van der Waals surface area contributed by atoms with Gasteiger partial charge in [0.1, 0.15) is 5.82 Å². The monoisotopic (exact) mass is 346 g/mol. The number of halogens is 1. The minimum Gasteiger partial charge on any atom is -0.465 e. The SMILES string of the molecule is CCOC(=O)CN(Cc1cccn1Cc1ccc(F)cc1)CC(C)C. The normalized spacial score (nSPS) is 11.3. The van der Waals surface area contributed by atoms with E-state index in [4.69, 9.17) is 4.74 Å². The standard InChI is InChI=1S/C20H27FN2O2/c1-4-25-20(24)15-22(12-16(2)3)14-19-6-5-11-23(19)13-17-7-9-18(21)10-8-17/h5-11,16H,4,12-15H2,1-3H3. The van der Waals surface area contributed by atoms with Crippen molar-refractivity contribution in [1.82, 2.24) is 9.47 Å². The highest BCUT2D eigenvalue weighted by Gasteiger charge is 2.15. The van der Waals surface area contributed by atoms with Gasteiger partial charge in [-0.25, -0.2) is 4.39 Å². The predicted octanol–water partition coefficient (Wildman–Crippen LogP) is 3.70. The molecule has 0 aliphatic rings. The van der Waals surface area contributed by atoms with Gasteiger partial charge in [0.2, 0.25) is 0 Å². The first kappa shape index (κ1) is 19.2. The lowest BCUT2D eigenvalue weighted by Gasteiger charge is -2.24. The number of ether oxygens (including phenoxy) is 1. The zero-order chi connectivity index (χ0) is 18.2. The Hall–Kier alpha value is -2.14. The van der Waals surface area contributed by atoms with Crippen LogP contribution in [-0.4, -0.2) is 35.1 Å². The van der Waals surface area contributed by atoms with Crippen molar-refractivity contribution in [1.29, 1.82) is 0 Å². The zero-order valence-corrected chi connectivity index (χ0v) is 15.2. The van der Waals surface area contributed by atoms with E-state index >= 15 is 0 Å². The van der Waals surface area contributed by atoms with Crippen LogP contribution < -0.4 is 0 Å². The van der Waals surface area contributed by atoms with Crippen LogP contribution in [0.1, 0.15) is 32.0 Å². The van der Waals surface area contributed by atoms with Crippen molar-refractivity contribution in [3.63, 3.8) is 0 Å². The second-order valence-corrected chi connectivity index (χ2v) is 6.62. The molecule has 25 heavy (non-hydrogen) atoms. The van der Waals surface area contributed by atoms with Crippen LogP contribution in [0.4, 0.5) is 4.39 Å². The number of hydrogen-bond donors (Lipinski definition) is 0. The van der Waals surface area contributed by atoms with E-state index in [0.29, 0.717) is 25.6 Å². The molecule has 0 aliphatic carbocycles. The van der Waals surface area contributed by atoms with Gasteiger partial charge >= 0.3 is 5.97 Å². The average Bonchev–Trinajstić information content (AvgIpc) is 2.96. The molecular formula is C20H27FN2O2. The smallest absolute Gasteiger partial charge is 0.320 e. The highest BCUT2D eigenvalue weighted by Crippen LogP contribution is 2.12. The Morgan fingerprint density at radius 3 is 2.60 bits per heavy atom. The van der Waals surface area contributed by atoms with E-state index in [1.807, 2.05) is 19.2 Å². The van der Waals surface area contributed by atoms with E-state index in [9.17, 15) is 9.18 Å². The summed E-state index contributed by atoms with van der Waals surface area (Å²) >= 11 is 0. The van der Waals surface area contributed by atoms with E-state index in [-0.39, 0.29) is 18.3 Å². The summed E-state index contributed by atoms with van der Waals surface area (Å²) in [6.07, 6.45) is 2.01. The van der Waals surface area contributed by atoms with Crippen molar-refractivity contribution < 1.29 is 13.9 Å². The minimum atomic E-state index is -0.228. The van der Waals surface area contributed by atoms with Gasteiger partial charge in [-0.05, 0) is 42.7 Å². The first-order valence-electron chi connectivity index (χ1n) is 8.74. The minimum absolute atomic E-state index is 0.195. The molecule has 1 aromatic carbocycles. The molecule has 2 aromatic rings. The van der Waals surface area contributed by atoms with Crippen LogP contribution >= 0.6 is 0 Å². The predicted molar refractivity (Wildman–Crippen MR) is 96.7 cm³/mol. The maximum atomic E-state index is 13.1. The summed E-state index contributed by atoms with van der Waals surface area (Å²) in [4.78, 5) is 14.0. The van der Waals surface area contributed by atoms with Crippen LogP contribution in [0.25, 0.3) is 0 Å². The molecule has 0 bridgehead atoms. The van der Waals surface area contributed by atoms with Gasteiger partial charge in [-0.2, -0.15) is 0 Å². The van der Waals surface area contributed by atoms with Crippen molar-refractivity contribution in [2.45, 2.75) is 33.9 Å². The van der Waals surface area contributed by atoms with Crippen LogP contribution in [0.3, 0.4) is 0 Å². The fourth-order valence-electron chi connectivity index (χ4n) is 2.85. The van der Waals surface area contributed by atoms with Crippen LogP contribution in [0.2, 0.25) is 0 Å². The van der Waals surface area contributed by atoms with Crippen molar-refractivity contribution in [3.05, 3.63) is 59.7 Å². The Bertz CT molecular complexity index is 665. The second kappa shape index (κ2) is 9.37. The number of nitrogens with zero attached hydrogens (tertiary/aromatic N) is 2. The lowest BCUT2D eigenvalue weighted by molar-refractivity contribution is -0.144. The van der Waals surface area contributed by atoms with Gasteiger partial charge in [-0.1, -0.05) is 26.0 Å². The Labute approximate surface area is 149 Å². The van der Waals surface area contributed by atoms with E-state index in [2.05, 4.69) is 29.4 Å². The summed E-state index contributed by atoms with van der Waals surface area (Å²) in [5.41, 5.74) is 2.16. The molecule has 0 unspecified atom stereocenters. The first-order chi connectivity index (χ1) is 12.0. The highest BCUT2D eigenvalue weighted by molar-refractivity contribution is 5.71. The third kappa shape index (κ3) is 6.35. The molecule has 0 spiro atoms. The lowest BCUT2D eigenvalue weighted by atomic mass is 10.2. The fraction of sp³-hybridized carbons (Fsp3) is 0.450. The number of carbonyl (C=O) groups is 1. The molecule has 0 radical (unpaired) electrons. The third-order valence-electron chi connectivity index (χ3n) is 3.86. The van der Waals surface area contributed by atoms with E-state index < -0.39 is 0 Å². The molecule has 0 fully saturated rings. The molecule has 0 atom stereocenters. The van der Waals surface area contributed by atoms with Crippen LogP contribution in [0.15, 0.2) is 42.6 Å². The Morgan fingerprint density at radius 2 is 1.96 bits per heavy atom. The molecule has 0 amide bonds. The van der Waals surface area contributed by atoms with Crippen molar-refractivity contribution in [2.75, 3.05) is 19.7 Å². The molecule has 0 N–H and O–H groups in total. The second-order valence-electron chi connectivity index (χ2n) is 6.62. The molecule has 4 nitrogen and oxygen atoms in total. The van der Waals surface area contributed by atoms with Crippen LogP contribution in [0, 0.1) is 11.7 Å². The molecule has 0 aliphatic heterocycles. The van der Waals surface area contributed by atoms with Crippen molar-refractivity contribution in [2.24, 2.45) is 5.92 Å². The summed E-state index contributed by atoms with van der Waals surface area (Å²) in [5, 5.41) is 0. The molecule has 0 saturated heterocycles. The van der Waals surface area contributed by atoms with Gasteiger partial charge in [-0.3, -0.25) is 9.69 Å². The van der Waals surface area contributed by atoms with Crippen molar-refractivity contribution in [3.8, 4) is 0 Å². The number of aromatic nitrogens is 1. The summed E-state index contributed by atoms with van der Waals surface area (Å²) in [7, 11) is 0. The van der Waals surface area contributed by atoms with E-state index in [0.717, 1.165) is 17.8 Å². The van der Waals surface area contributed by atoms with Crippen molar-refractivity contribution >= 4 is 5.97 Å². The fourth-order valence-corrected chi connectivity index (χ4v) is 2.85. The average molecular weight is 346 g/mol. The summed E-state index contributed by atoms with van der Waals surface area (Å²) in [6.45, 7) is 8.94. The van der Waals surface area contributed by atoms with E-state index in [1.54, 1.807) is 12.1 Å². The van der Waals surface area contributed by atoms with Gasteiger partial charge in [-0.15, -0.1) is 0 Å². The Morgan fingerprint density at radius 1 is 1.24 bits per heavy atom. The van der Waals surface area contributed by atoms with Gasteiger partial charge in [0, 0.05) is 31.5 Å². The first-order valence-corrected chi connectivity index (χ1v) is 8.74. The van der Waals surface area contributed by atoms with Crippen LogP contribution in [-0.2, 0) is 22.6 Å². The Balaban J connectivity index is 2.07. The molecule has 0 saturated carbocycles. The summed E-state index contributed by atoms with van der Waals surface area (Å²) in [6, 6.07) is 10.6. The number of esters is 1. The van der Waals surface area contributed by atoms with Gasteiger partial charge in [0.05, 0.1) is 13.2 Å². The molecular weight excluding hydrogens is 319 g/mol. The lowest BCUT2D eigenvalue weighted by Crippen LogP contribution is -2.34. The highest BCUT2D eigenvalue weighted by atomic mass is 19.1. The molecule has 2 rings (SSSR count). The number of carbonyl (C=O) groups excluding carboxylic acids is 1. The maximum Gasteiger partial charge on any atom is 0.320 e. The van der Waals surface area contributed by atoms with Gasteiger partial charge in [0.15, 0.2) is 0 Å². The number of hydrogen-bond acceptors (Lipinski definition) is 3. The molecule has 1 heterocycles. The summed E-state index contributed by atoms with van der Waals surface area (Å²) < 4.78 is 20.3. The zero-order valence-electron chi connectivity index (χ0n) is 15.2. The quantitative estimate of drug-likeness (QED) is 0.650. The van der Waals surface area contributed by atoms with Gasteiger partial charge < -0.3 is 9.30 Å². The largest absolute Gasteiger partial charge is 0.465 e. The molecule has 136 valence electrons. The van der Waals surface area contributed by atoms with E-state index in [1.165, 1.54) is 12.1 Å².